The fraction of sp³-hybridized carbons (Fsp3) is 0.154. The lowest BCUT2D eigenvalue weighted by Gasteiger charge is -2.24. The van der Waals surface area contributed by atoms with Crippen molar-refractivity contribution in [3.05, 3.63) is 101 Å². The maximum Gasteiger partial charge on any atom is 0.273 e. The van der Waals surface area contributed by atoms with Gasteiger partial charge in [0, 0.05) is 11.6 Å². The number of benzene rings is 3. The second-order valence-corrected chi connectivity index (χ2v) is 9.74. The molecule has 3 rings (SSSR count). The number of hydrogen-bond acceptors (Lipinski definition) is 8. The predicted octanol–water partition coefficient (Wildman–Crippen LogP) is 3.82. The summed E-state index contributed by atoms with van der Waals surface area (Å²) in [6, 6.07) is 16.5. The van der Waals surface area contributed by atoms with E-state index in [1.54, 1.807) is 30.3 Å². The van der Waals surface area contributed by atoms with E-state index in [9.17, 15) is 23.3 Å². The summed E-state index contributed by atoms with van der Waals surface area (Å²) in [4.78, 5) is 23.1. The Morgan fingerprint density at radius 1 is 1.11 bits per heavy atom. The molecule has 0 aliphatic rings. The SMILES string of the molecule is C=CCOc1ccc(C=NNC(=O)CN(c2ccc(OC)cc2)S(=O)(=O)c2ccc(C)c([N+](=O)[O-])c2)cc1. The summed E-state index contributed by atoms with van der Waals surface area (Å²) >= 11 is 0. The van der Waals surface area contributed by atoms with Gasteiger partial charge in [-0.2, -0.15) is 5.10 Å². The molecule has 0 aliphatic carbocycles. The van der Waals surface area contributed by atoms with E-state index in [4.69, 9.17) is 9.47 Å². The van der Waals surface area contributed by atoms with Crippen LogP contribution in [-0.4, -0.2) is 45.7 Å². The van der Waals surface area contributed by atoms with E-state index in [2.05, 4.69) is 17.1 Å². The van der Waals surface area contributed by atoms with Crippen LogP contribution < -0.4 is 19.2 Å². The maximum atomic E-state index is 13.5. The highest BCUT2D eigenvalue weighted by Gasteiger charge is 2.29. The van der Waals surface area contributed by atoms with Crippen molar-refractivity contribution in [1.82, 2.24) is 5.43 Å². The van der Waals surface area contributed by atoms with Crippen LogP contribution in [0.2, 0.25) is 0 Å². The lowest BCUT2D eigenvalue weighted by molar-refractivity contribution is -0.385. The van der Waals surface area contributed by atoms with E-state index in [0.717, 1.165) is 10.4 Å². The Labute approximate surface area is 220 Å². The van der Waals surface area contributed by atoms with Gasteiger partial charge in [-0.3, -0.25) is 19.2 Å². The first-order valence-electron chi connectivity index (χ1n) is 11.2. The number of nitrogens with zero attached hydrogens (tertiary/aromatic N) is 3. The maximum absolute atomic E-state index is 13.5. The Hall–Kier alpha value is -4.71. The third-order valence-electron chi connectivity index (χ3n) is 5.26. The van der Waals surface area contributed by atoms with Crippen molar-refractivity contribution in [2.45, 2.75) is 11.8 Å². The highest BCUT2D eigenvalue weighted by Crippen LogP contribution is 2.29. The number of methoxy groups -OCH3 is 1. The molecule has 0 atom stereocenters. The molecule has 0 aliphatic heterocycles. The van der Waals surface area contributed by atoms with Crippen LogP contribution in [0.5, 0.6) is 11.5 Å². The molecule has 0 radical (unpaired) electrons. The van der Waals surface area contributed by atoms with Gasteiger partial charge in [0.25, 0.3) is 21.6 Å². The summed E-state index contributed by atoms with van der Waals surface area (Å²) in [6.45, 7) is 4.82. The fourth-order valence-electron chi connectivity index (χ4n) is 3.29. The monoisotopic (exact) mass is 538 g/mol. The van der Waals surface area contributed by atoms with Crippen molar-refractivity contribution in [2.75, 3.05) is 24.6 Å². The minimum Gasteiger partial charge on any atom is -0.497 e. The molecule has 11 nitrogen and oxygen atoms in total. The largest absolute Gasteiger partial charge is 0.497 e. The first-order valence-corrected chi connectivity index (χ1v) is 12.7. The van der Waals surface area contributed by atoms with Gasteiger partial charge in [0.1, 0.15) is 24.7 Å². The molecule has 3 aromatic carbocycles. The van der Waals surface area contributed by atoms with Crippen LogP contribution in [0, 0.1) is 17.0 Å². The lowest BCUT2D eigenvalue weighted by Crippen LogP contribution is -2.39. The van der Waals surface area contributed by atoms with E-state index < -0.39 is 27.4 Å². The Morgan fingerprint density at radius 3 is 2.37 bits per heavy atom. The number of hydrazone groups is 1. The Morgan fingerprint density at radius 2 is 1.76 bits per heavy atom. The molecule has 0 saturated carbocycles. The van der Waals surface area contributed by atoms with Gasteiger partial charge in [-0.15, -0.1) is 0 Å². The quantitative estimate of drug-likeness (QED) is 0.160. The molecule has 0 unspecified atom stereocenters. The van der Waals surface area contributed by atoms with E-state index in [1.807, 2.05) is 0 Å². The zero-order valence-corrected chi connectivity index (χ0v) is 21.6. The van der Waals surface area contributed by atoms with E-state index in [0.29, 0.717) is 29.2 Å². The number of hydrogen-bond donors (Lipinski definition) is 1. The number of carbonyl (C=O) groups is 1. The Balaban J connectivity index is 1.84. The number of nitro benzene ring substituents is 1. The van der Waals surface area contributed by atoms with Crippen LogP contribution in [-0.2, 0) is 14.8 Å². The number of carbonyl (C=O) groups excluding carboxylic acids is 1. The normalized spacial score (nSPS) is 11.1. The standard InChI is InChI=1S/C26H26N4O7S/c1-4-15-37-23-10-6-20(7-11-23)17-27-28-26(31)18-29(21-8-12-22(36-3)13-9-21)38(34,35)24-14-5-19(2)25(16-24)30(32)33/h4-14,16-17H,1,15,18H2,2-3H3,(H,28,31). The lowest BCUT2D eigenvalue weighted by atomic mass is 10.2. The van der Waals surface area contributed by atoms with Gasteiger partial charge in [0.15, 0.2) is 0 Å². The molecule has 38 heavy (non-hydrogen) atoms. The number of aryl methyl sites for hydroxylation is 1. The van der Waals surface area contributed by atoms with Gasteiger partial charge < -0.3 is 9.47 Å². The molecule has 0 heterocycles. The summed E-state index contributed by atoms with van der Waals surface area (Å²) in [5, 5.41) is 15.3. The van der Waals surface area contributed by atoms with E-state index >= 15 is 0 Å². The molecule has 12 heteroatoms. The van der Waals surface area contributed by atoms with Crippen LogP contribution in [0.4, 0.5) is 11.4 Å². The second kappa shape index (κ2) is 12.5. The summed E-state index contributed by atoms with van der Waals surface area (Å²) in [6.07, 6.45) is 3.02. The molecule has 1 N–H and O–H groups in total. The molecule has 0 fully saturated rings. The first-order chi connectivity index (χ1) is 18.1. The molecule has 0 aromatic heterocycles. The van der Waals surface area contributed by atoms with Gasteiger partial charge in [0.2, 0.25) is 0 Å². The highest BCUT2D eigenvalue weighted by molar-refractivity contribution is 7.92. The van der Waals surface area contributed by atoms with Crippen molar-refractivity contribution in [3.63, 3.8) is 0 Å². The average Bonchev–Trinajstić information content (AvgIpc) is 2.91. The first kappa shape index (κ1) is 27.9. The summed E-state index contributed by atoms with van der Waals surface area (Å²) in [5.41, 5.74) is 3.09. The van der Waals surface area contributed by atoms with Crippen molar-refractivity contribution in [1.29, 1.82) is 0 Å². The minimum absolute atomic E-state index is 0.156. The van der Waals surface area contributed by atoms with Crippen molar-refractivity contribution >= 4 is 33.5 Å². The molecule has 0 bridgehead atoms. The third kappa shape index (κ3) is 6.95. The second-order valence-electron chi connectivity index (χ2n) is 7.88. The smallest absolute Gasteiger partial charge is 0.273 e. The molecule has 3 aromatic rings. The molecular formula is C26H26N4O7S. The highest BCUT2D eigenvalue weighted by atomic mass is 32.2. The zero-order valence-electron chi connectivity index (χ0n) is 20.7. The number of nitrogens with one attached hydrogen (secondary N) is 1. The van der Waals surface area contributed by atoms with Crippen molar-refractivity contribution < 1.29 is 27.6 Å². The van der Waals surface area contributed by atoms with Gasteiger partial charge in [-0.25, -0.2) is 13.8 Å². The Bertz CT molecular complexity index is 1440. The molecule has 0 spiro atoms. The molecule has 198 valence electrons. The fourth-order valence-corrected chi connectivity index (χ4v) is 4.73. The van der Waals surface area contributed by atoms with Crippen LogP contribution in [0.1, 0.15) is 11.1 Å². The van der Waals surface area contributed by atoms with E-state index in [1.165, 1.54) is 56.6 Å². The Kier molecular flexibility index (Phi) is 9.17. The van der Waals surface area contributed by atoms with Crippen LogP contribution >= 0.6 is 0 Å². The van der Waals surface area contributed by atoms with Gasteiger partial charge in [-0.05, 0) is 67.1 Å². The number of nitro groups is 1. The van der Waals surface area contributed by atoms with Gasteiger partial charge in [0.05, 0.1) is 28.8 Å². The van der Waals surface area contributed by atoms with Crippen molar-refractivity contribution in [2.24, 2.45) is 5.10 Å². The zero-order chi connectivity index (χ0) is 27.7. The van der Waals surface area contributed by atoms with Crippen molar-refractivity contribution in [3.8, 4) is 11.5 Å². The number of sulfonamides is 1. The van der Waals surface area contributed by atoms with Crippen LogP contribution in [0.3, 0.4) is 0 Å². The van der Waals surface area contributed by atoms with Crippen LogP contribution in [0.15, 0.2) is 89.4 Å². The predicted molar refractivity (Wildman–Crippen MR) is 143 cm³/mol. The topological polar surface area (TPSA) is 140 Å². The van der Waals surface area contributed by atoms with E-state index in [-0.39, 0.29) is 16.3 Å². The number of ether oxygens (including phenoxy) is 2. The molecule has 0 saturated heterocycles. The average molecular weight is 539 g/mol. The van der Waals surface area contributed by atoms with Crippen LogP contribution in [0.25, 0.3) is 0 Å². The summed E-state index contributed by atoms with van der Waals surface area (Å²) < 4.78 is 38.5. The van der Waals surface area contributed by atoms with Gasteiger partial charge >= 0.3 is 0 Å². The van der Waals surface area contributed by atoms with Gasteiger partial charge in [-0.1, -0.05) is 18.7 Å². The molecule has 1 amide bonds. The summed E-state index contributed by atoms with van der Waals surface area (Å²) in [7, 11) is -2.92. The number of amides is 1. The molecular weight excluding hydrogens is 512 g/mol. The third-order valence-corrected chi connectivity index (χ3v) is 7.03. The minimum atomic E-state index is -4.38. The summed E-state index contributed by atoms with van der Waals surface area (Å²) in [5.74, 6) is 0.392. The number of anilines is 1. The number of rotatable bonds is 12.